The van der Waals surface area contributed by atoms with Crippen LogP contribution in [-0.4, -0.2) is 67.7 Å². The highest BCUT2D eigenvalue weighted by Crippen LogP contribution is 2.27. The second-order valence-electron chi connectivity index (χ2n) is 6.96. The molecule has 1 N–H and O–H groups in total. The predicted octanol–water partition coefficient (Wildman–Crippen LogP) is 3.17. The first-order valence-corrected chi connectivity index (χ1v) is 9.71. The Morgan fingerprint density at radius 1 is 1.16 bits per heavy atom. The number of nitrogens with zero attached hydrogens (tertiary/aromatic N) is 3. The van der Waals surface area contributed by atoms with Gasteiger partial charge in [0.05, 0.1) is 10.0 Å². The highest BCUT2D eigenvalue weighted by molar-refractivity contribution is 6.42. The first-order valence-electron chi connectivity index (χ1n) is 8.95. The van der Waals surface area contributed by atoms with Gasteiger partial charge in [-0.3, -0.25) is 0 Å². The van der Waals surface area contributed by atoms with E-state index in [9.17, 15) is 4.79 Å². The summed E-state index contributed by atoms with van der Waals surface area (Å²) < 4.78 is 0. The molecule has 0 bridgehead atoms. The van der Waals surface area contributed by atoms with Crippen LogP contribution in [-0.2, 0) is 0 Å². The van der Waals surface area contributed by atoms with Crippen LogP contribution < -0.4 is 10.2 Å². The Morgan fingerprint density at radius 2 is 1.88 bits per heavy atom. The summed E-state index contributed by atoms with van der Waals surface area (Å²) in [5, 5.41) is 4.35. The van der Waals surface area contributed by atoms with Gasteiger partial charge in [-0.05, 0) is 30.7 Å². The van der Waals surface area contributed by atoms with E-state index in [0.29, 0.717) is 29.1 Å². The number of likely N-dealkylation sites (N-methyl/N-ethyl adjacent to an activating group) is 1. The molecule has 1 aromatic rings. The number of rotatable bonds is 3. The Bertz CT molecular complexity index is 619. The van der Waals surface area contributed by atoms with Crippen LogP contribution in [0.5, 0.6) is 0 Å². The van der Waals surface area contributed by atoms with Gasteiger partial charge in [0.2, 0.25) is 0 Å². The van der Waals surface area contributed by atoms with E-state index in [1.165, 1.54) is 0 Å². The largest absolute Gasteiger partial charge is 0.368 e. The Labute approximate surface area is 159 Å². The number of likely N-dealkylation sites (tertiary alicyclic amines) is 1. The fourth-order valence-corrected chi connectivity index (χ4v) is 3.90. The molecular weight excluding hydrogens is 359 g/mol. The first kappa shape index (κ1) is 18.6. The molecule has 0 spiro atoms. The summed E-state index contributed by atoms with van der Waals surface area (Å²) in [6, 6.07) is 5.99. The highest BCUT2D eigenvalue weighted by Gasteiger charge is 2.31. The fraction of sp³-hybridized carbons (Fsp3) is 0.611. The van der Waals surface area contributed by atoms with Crippen molar-refractivity contribution in [1.29, 1.82) is 0 Å². The second kappa shape index (κ2) is 8.02. The molecule has 1 aromatic carbocycles. The second-order valence-corrected chi connectivity index (χ2v) is 7.77. The van der Waals surface area contributed by atoms with Crippen LogP contribution in [0.15, 0.2) is 18.2 Å². The van der Waals surface area contributed by atoms with Gasteiger partial charge in [0.25, 0.3) is 0 Å². The van der Waals surface area contributed by atoms with Crippen molar-refractivity contribution in [2.45, 2.75) is 19.9 Å². The van der Waals surface area contributed by atoms with Gasteiger partial charge in [0, 0.05) is 51.0 Å². The van der Waals surface area contributed by atoms with Gasteiger partial charge < -0.3 is 20.0 Å². The molecule has 0 aliphatic carbocycles. The number of hydrogen-bond donors (Lipinski definition) is 1. The van der Waals surface area contributed by atoms with Crippen LogP contribution in [0, 0.1) is 5.92 Å². The lowest BCUT2D eigenvalue weighted by Crippen LogP contribution is -2.54. The van der Waals surface area contributed by atoms with Gasteiger partial charge in [0.1, 0.15) is 0 Å². The minimum Gasteiger partial charge on any atom is -0.368 e. The average molecular weight is 385 g/mol. The SMILES string of the molecule is CCN1CC(C)C(NC(=O)N2CCN(c3ccc(Cl)c(Cl)c3)CC2)C1. The number of halogens is 2. The van der Waals surface area contributed by atoms with Crippen molar-refractivity contribution >= 4 is 34.9 Å². The molecule has 2 aliphatic heterocycles. The molecule has 2 unspecified atom stereocenters. The van der Waals surface area contributed by atoms with Crippen LogP contribution in [0.2, 0.25) is 10.0 Å². The zero-order valence-electron chi connectivity index (χ0n) is 14.8. The van der Waals surface area contributed by atoms with E-state index >= 15 is 0 Å². The third-order valence-electron chi connectivity index (χ3n) is 5.28. The maximum Gasteiger partial charge on any atom is 0.317 e. The summed E-state index contributed by atoms with van der Waals surface area (Å²) in [5.74, 6) is 0.501. The summed E-state index contributed by atoms with van der Waals surface area (Å²) in [5.41, 5.74) is 1.05. The van der Waals surface area contributed by atoms with Crippen LogP contribution >= 0.6 is 23.2 Å². The monoisotopic (exact) mass is 384 g/mol. The quantitative estimate of drug-likeness (QED) is 0.869. The minimum absolute atomic E-state index is 0.0589. The molecule has 0 saturated carbocycles. The molecular formula is C18H26Cl2N4O. The lowest BCUT2D eigenvalue weighted by Gasteiger charge is -2.36. The number of hydrogen-bond acceptors (Lipinski definition) is 3. The van der Waals surface area contributed by atoms with Gasteiger partial charge in [0.15, 0.2) is 0 Å². The van der Waals surface area contributed by atoms with Crippen LogP contribution in [0.3, 0.4) is 0 Å². The summed E-state index contributed by atoms with van der Waals surface area (Å²) in [6.07, 6.45) is 0. The third kappa shape index (κ3) is 4.33. The molecule has 138 valence electrons. The summed E-state index contributed by atoms with van der Waals surface area (Å²) >= 11 is 12.1. The number of piperazine rings is 1. The van der Waals surface area contributed by atoms with E-state index in [2.05, 4.69) is 29.0 Å². The van der Waals surface area contributed by atoms with Gasteiger partial charge in [-0.1, -0.05) is 37.0 Å². The fourth-order valence-electron chi connectivity index (χ4n) is 3.61. The zero-order valence-corrected chi connectivity index (χ0v) is 16.4. The predicted molar refractivity (Wildman–Crippen MR) is 104 cm³/mol. The topological polar surface area (TPSA) is 38.8 Å². The maximum absolute atomic E-state index is 12.6. The van der Waals surface area contributed by atoms with E-state index < -0.39 is 0 Å². The van der Waals surface area contributed by atoms with Gasteiger partial charge in [-0.15, -0.1) is 0 Å². The molecule has 2 fully saturated rings. The Hall–Kier alpha value is -1.17. The lowest BCUT2D eigenvalue weighted by molar-refractivity contribution is 0.188. The van der Waals surface area contributed by atoms with Crippen molar-refractivity contribution in [2.75, 3.05) is 50.7 Å². The van der Waals surface area contributed by atoms with Gasteiger partial charge in [-0.2, -0.15) is 0 Å². The van der Waals surface area contributed by atoms with Crippen molar-refractivity contribution in [3.63, 3.8) is 0 Å². The lowest BCUT2D eigenvalue weighted by atomic mass is 10.1. The number of carbonyl (C=O) groups excluding carboxylic acids is 1. The van der Waals surface area contributed by atoms with E-state index in [1.807, 2.05) is 23.1 Å². The summed E-state index contributed by atoms with van der Waals surface area (Å²) in [6.45, 7) is 10.5. The van der Waals surface area contributed by atoms with Gasteiger partial charge in [-0.25, -0.2) is 4.79 Å². The molecule has 0 aromatic heterocycles. The van der Waals surface area contributed by atoms with Crippen molar-refractivity contribution in [3.8, 4) is 0 Å². The van der Waals surface area contributed by atoms with Gasteiger partial charge >= 0.3 is 6.03 Å². The van der Waals surface area contributed by atoms with Crippen LogP contribution in [0.4, 0.5) is 10.5 Å². The molecule has 3 rings (SSSR count). The van der Waals surface area contributed by atoms with E-state index in [4.69, 9.17) is 23.2 Å². The van der Waals surface area contributed by atoms with Crippen molar-refractivity contribution < 1.29 is 4.79 Å². The third-order valence-corrected chi connectivity index (χ3v) is 6.02. The van der Waals surface area contributed by atoms with Crippen molar-refractivity contribution in [1.82, 2.24) is 15.1 Å². The number of benzene rings is 1. The van der Waals surface area contributed by atoms with Crippen molar-refractivity contribution in [2.24, 2.45) is 5.92 Å². The molecule has 2 saturated heterocycles. The smallest absolute Gasteiger partial charge is 0.317 e. The summed E-state index contributed by atoms with van der Waals surface area (Å²) in [4.78, 5) is 19.1. The minimum atomic E-state index is 0.0589. The van der Waals surface area contributed by atoms with Crippen LogP contribution in [0.1, 0.15) is 13.8 Å². The maximum atomic E-state index is 12.6. The normalized spacial score (nSPS) is 24.6. The molecule has 2 aliphatic rings. The zero-order chi connectivity index (χ0) is 18.0. The van der Waals surface area contributed by atoms with E-state index in [-0.39, 0.29) is 12.1 Å². The average Bonchev–Trinajstić information content (AvgIpc) is 2.97. The number of carbonyl (C=O) groups is 1. The molecule has 2 amide bonds. The highest BCUT2D eigenvalue weighted by atomic mass is 35.5. The summed E-state index contributed by atoms with van der Waals surface area (Å²) in [7, 11) is 0. The molecule has 5 nitrogen and oxygen atoms in total. The van der Waals surface area contributed by atoms with Crippen molar-refractivity contribution in [3.05, 3.63) is 28.2 Å². The standard InChI is InChI=1S/C18H26Cl2N4O/c1-3-22-11-13(2)17(12-22)21-18(25)24-8-6-23(7-9-24)14-4-5-15(19)16(20)10-14/h4-5,10,13,17H,3,6-9,11-12H2,1-2H3,(H,21,25). The van der Waals surface area contributed by atoms with E-state index in [0.717, 1.165) is 38.4 Å². The van der Waals surface area contributed by atoms with Crippen LogP contribution in [0.25, 0.3) is 0 Å². The number of amides is 2. The Morgan fingerprint density at radius 3 is 2.48 bits per heavy atom. The van der Waals surface area contributed by atoms with E-state index in [1.54, 1.807) is 0 Å². The number of anilines is 1. The first-order chi connectivity index (χ1) is 12.0. The Kier molecular flexibility index (Phi) is 5.97. The number of urea groups is 1. The molecule has 25 heavy (non-hydrogen) atoms. The molecule has 0 radical (unpaired) electrons. The number of nitrogens with one attached hydrogen (secondary N) is 1. The molecule has 2 atom stereocenters. The Balaban J connectivity index is 1.51. The molecule has 2 heterocycles. The molecule has 7 heteroatoms.